The molecular formula is C21H26O7. The van der Waals surface area contributed by atoms with Gasteiger partial charge in [0.2, 0.25) is 0 Å². The lowest BCUT2D eigenvalue weighted by atomic mass is 9.85. The Balaban J connectivity index is 2.24. The van der Waals surface area contributed by atoms with Crippen LogP contribution in [-0.2, 0) is 28.6 Å². The SMILES string of the molecule is C=C(C)C(=O)OCC1=CCCC(COC(C)=O)=CC2OC(=O)C(=C)C2C(O)C1. The van der Waals surface area contributed by atoms with Gasteiger partial charge >= 0.3 is 17.9 Å². The van der Waals surface area contributed by atoms with Crippen molar-refractivity contribution >= 4 is 17.9 Å². The fourth-order valence-corrected chi connectivity index (χ4v) is 3.17. The average Bonchev–Trinajstić information content (AvgIpc) is 2.90. The van der Waals surface area contributed by atoms with Gasteiger partial charge in [0.25, 0.3) is 0 Å². The molecule has 2 rings (SSSR count). The minimum Gasteiger partial charge on any atom is -0.461 e. The van der Waals surface area contributed by atoms with E-state index >= 15 is 0 Å². The van der Waals surface area contributed by atoms with Gasteiger partial charge in [-0.3, -0.25) is 4.79 Å². The second kappa shape index (κ2) is 9.50. The second-order valence-corrected chi connectivity index (χ2v) is 7.06. The fraction of sp³-hybridized carbons (Fsp3) is 0.476. The number of esters is 3. The van der Waals surface area contributed by atoms with Crippen LogP contribution < -0.4 is 0 Å². The number of fused-ring (bicyclic) bond motifs is 1. The lowest BCUT2D eigenvalue weighted by Crippen LogP contribution is -2.30. The highest BCUT2D eigenvalue weighted by Crippen LogP contribution is 2.34. The van der Waals surface area contributed by atoms with Crippen LogP contribution in [0.15, 0.2) is 47.6 Å². The van der Waals surface area contributed by atoms with E-state index in [9.17, 15) is 19.5 Å². The maximum Gasteiger partial charge on any atom is 0.334 e. The average molecular weight is 390 g/mol. The summed E-state index contributed by atoms with van der Waals surface area (Å²) in [5.41, 5.74) is 1.98. The van der Waals surface area contributed by atoms with Crippen LogP contribution in [0, 0.1) is 5.92 Å². The molecule has 3 unspecified atom stereocenters. The molecule has 1 aliphatic carbocycles. The summed E-state index contributed by atoms with van der Waals surface area (Å²) in [6.07, 6.45) is 3.36. The van der Waals surface area contributed by atoms with Crippen LogP contribution in [0.25, 0.3) is 0 Å². The van der Waals surface area contributed by atoms with Gasteiger partial charge in [-0.1, -0.05) is 19.2 Å². The first-order valence-electron chi connectivity index (χ1n) is 9.10. The Hall–Kier alpha value is -2.67. The largest absolute Gasteiger partial charge is 0.461 e. The summed E-state index contributed by atoms with van der Waals surface area (Å²) < 4.78 is 15.6. The molecule has 0 aromatic rings. The number of allylic oxidation sites excluding steroid dienone is 1. The first-order valence-corrected chi connectivity index (χ1v) is 9.10. The molecule has 0 radical (unpaired) electrons. The predicted octanol–water partition coefficient (Wildman–Crippen LogP) is 2.16. The van der Waals surface area contributed by atoms with Crippen molar-refractivity contribution in [2.45, 2.75) is 45.3 Å². The number of carbonyl (C=O) groups excluding carboxylic acids is 3. The third-order valence-corrected chi connectivity index (χ3v) is 4.64. The smallest absolute Gasteiger partial charge is 0.334 e. The molecule has 2 aliphatic rings. The molecule has 152 valence electrons. The quantitative estimate of drug-likeness (QED) is 0.332. The van der Waals surface area contributed by atoms with Crippen molar-refractivity contribution in [1.29, 1.82) is 0 Å². The van der Waals surface area contributed by atoms with E-state index in [0.29, 0.717) is 12.8 Å². The Morgan fingerprint density at radius 3 is 2.57 bits per heavy atom. The number of hydrogen-bond acceptors (Lipinski definition) is 7. The van der Waals surface area contributed by atoms with Gasteiger partial charge in [0, 0.05) is 18.1 Å². The van der Waals surface area contributed by atoms with Crippen LogP contribution in [0.1, 0.15) is 33.1 Å². The molecule has 0 saturated carbocycles. The molecule has 7 heteroatoms. The van der Waals surface area contributed by atoms with E-state index < -0.39 is 36.0 Å². The van der Waals surface area contributed by atoms with E-state index in [1.807, 2.05) is 6.08 Å². The van der Waals surface area contributed by atoms with Crippen LogP contribution in [0.4, 0.5) is 0 Å². The molecule has 0 amide bonds. The number of ether oxygens (including phenoxy) is 3. The fourth-order valence-electron chi connectivity index (χ4n) is 3.17. The zero-order valence-corrected chi connectivity index (χ0v) is 16.2. The van der Waals surface area contributed by atoms with E-state index in [-0.39, 0.29) is 30.8 Å². The van der Waals surface area contributed by atoms with Crippen molar-refractivity contribution < 1.29 is 33.7 Å². The normalized spacial score (nSPS) is 25.0. The third-order valence-electron chi connectivity index (χ3n) is 4.64. The number of rotatable bonds is 5. The number of aliphatic hydroxyl groups excluding tert-OH is 1. The molecule has 0 spiro atoms. The summed E-state index contributed by atoms with van der Waals surface area (Å²) in [5, 5.41) is 10.7. The van der Waals surface area contributed by atoms with Gasteiger partial charge in [-0.25, -0.2) is 9.59 Å². The van der Waals surface area contributed by atoms with Crippen molar-refractivity contribution in [3.63, 3.8) is 0 Å². The summed E-state index contributed by atoms with van der Waals surface area (Å²) >= 11 is 0. The summed E-state index contributed by atoms with van der Waals surface area (Å²) in [6, 6.07) is 0. The molecule has 1 heterocycles. The molecule has 1 aliphatic heterocycles. The highest BCUT2D eigenvalue weighted by atomic mass is 16.6. The summed E-state index contributed by atoms with van der Waals surface area (Å²) in [6.45, 7) is 10.3. The van der Waals surface area contributed by atoms with Gasteiger partial charge in [0.05, 0.1) is 12.0 Å². The maximum absolute atomic E-state index is 12.0. The van der Waals surface area contributed by atoms with E-state index in [0.717, 1.165) is 11.1 Å². The molecule has 1 saturated heterocycles. The molecule has 3 atom stereocenters. The van der Waals surface area contributed by atoms with Crippen LogP contribution in [-0.4, -0.2) is 48.4 Å². The zero-order chi connectivity index (χ0) is 20.8. The summed E-state index contributed by atoms with van der Waals surface area (Å²) in [4.78, 5) is 34.8. The van der Waals surface area contributed by atoms with Crippen molar-refractivity contribution in [1.82, 2.24) is 0 Å². The monoisotopic (exact) mass is 390 g/mol. The van der Waals surface area contributed by atoms with Crippen LogP contribution >= 0.6 is 0 Å². The Morgan fingerprint density at radius 1 is 1.25 bits per heavy atom. The van der Waals surface area contributed by atoms with Crippen molar-refractivity contribution in [2.24, 2.45) is 5.92 Å². The molecule has 0 aromatic carbocycles. The third kappa shape index (κ3) is 5.66. The minimum absolute atomic E-state index is 0.0183. The molecule has 1 fully saturated rings. The number of aliphatic hydroxyl groups is 1. The molecule has 0 aromatic heterocycles. The highest BCUT2D eigenvalue weighted by Gasteiger charge is 2.42. The van der Waals surface area contributed by atoms with E-state index in [1.54, 1.807) is 13.0 Å². The lowest BCUT2D eigenvalue weighted by Gasteiger charge is -2.24. The highest BCUT2D eigenvalue weighted by molar-refractivity contribution is 5.91. The molecule has 7 nitrogen and oxygen atoms in total. The van der Waals surface area contributed by atoms with Crippen molar-refractivity contribution in [2.75, 3.05) is 13.2 Å². The molecule has 0 bridgehead atoms. The standard InChI is InChI=1S/C21H26O7/c1-12(2)20(24)27-11-15-6-5-7-16(10-26-14(4)22)9-18-19(17(23)8-15)13(3)21(25)28-18/h6,9,17-19,23H,1,3,5,7-8,10-11H2,2,4H3. The van der Waals surface area contributed by atoms with Gasteiger partial charge in [-0.2, -0.15) is 0 Å². The predicted molar refractivity (Wildman–Crippen MR) is 101 cm³/mol. The Labute approximate surface area is 164 Å². The minimum atomic E-state index is -0.942. The second-order valence-electron chi connectivity index (χ2n) is 7.06. The topological polar surface area (TPSA) is 99.1 Å². The first kappa shape index (κ1) is 21.6. The summed E-state index contributed by atoms with van der Waals surface area (Å²) in [5.74, 6) is -2.11. The van der Waals surface area contributed by atoms with Gasteiger partial charge in [-0.05, 0) is 43.4 Å². The van der Waals surface area contributed by atoms with Crippen molar-refractivity contribution in [3.05, 3.63) is 47.6 Å². The zero-order valence-electron chi connectivity index (χ0n) is 16.2. The molecule has 1 N–H and O–H groups in total. The molecule has 28 heavy (non-hydrogen) atoms. The Morgan fingerprint density at radius 2 is 1.93 bits per heavy atom. The Kier molecular flexibility index (Phi) is 7.34. The summed E-state index contributed by atoms with van der Waals surface area (Å²) in [7, 11) is 0. The van der Waals surface area contributed by atoms with Crippen LogP contribution in [0.5, 0.6) is 0 Å². The van der Waals surface area contributed by atoms with Gasteiger partial charge in [0.15, 0.2) is 0 Å². The van der Waals surface area contributed by atoms with Crippen LogP contribution in [0.3, 0.4) is 0 Å². The maximum atomic E-state index is 12.0. The first-order chi connectivity index (χ1) is 13.2. The Bertz CT molecular complexity index is 744. The van der Waals surface area contributed by atoms with Gasteiger partial charge < -0.3 is 19.3 Å². The van der Waals surface area contributed by atoms with E-state index in [4.69, 9.17) is 14.2 Å². The van der Waals surface area contributed by atoms with E-state index in [1.165, 1.54) is 6.92 Å². The van der Waals surface area contributed by atoms with Gasteiger partial charge in [-0.15, -0.1) is 0 Å². The number of hydrogen-bond donors (Lipinski definition) is 1. The van der Waals surface area contributed by atoms with Crippen LogP contribution in [0.2, 0.25) is 0 Å². The van der Waals surface area contributed by atoms with Crippen molar-refractivity contribution in [3.8, 4) is 0 Å². The lowest BCUT2D eigenvalue weighted by molar-refractivity contribution is -0.140. The molecular weight excluding hydrogens is 364 g/mol. The van der Waals surface area contributed by atoms with Gasteiger partial charge in [0.1, 0.15) is 19.3 Å². The van der Waals surface area contributed by atoms with E-state index in [2.05, 4.69) is 13.2 Å². The number of carbonyl (C=O) groups is 3.